The lowest BCUT2D eigenvalue weighted by Gasteiger charge is -2.28. The van der Waals surface area contributed by atoms with E-state index in [2.05, 4.69) is 10.4 Å². The molecule has 2 aromatic rings. The number of hydrogen-bond donors (Lipinski definition) is 4. The van der Waals surface area contributed by atoms with Gasteiger partial charge < -0.3 is 20.3 Å². The van der Waals surface area contributed by atoms with Crippen LogP contribution >= 0.6 is 0 Å². The number of nitrogens with zero attached hydrogens (tertiary/aromatic N) is 1. The number of aromatic amines is 1. The Labute approximate surface area is 143 Å². The number of carbonyl (C=O) groups is 1. The predicted molar refractivity (Wildman–Crippen MR) is 89.0 cm³/mol. The summed E-state index contributed by atoms with van der Waals surface area (Å²) in [6, 6.07) is 4.44. The van der Waals surface area contributed by atoms with Gasteiger partial charge in [-0.05, 0) is 30.5 Å². The maximum Gasteiger partial charge on any atom is 0.270 e. The van der Waals surface area contributed by atoms with Crippen molar-refractivity contribution in [1.29, 1.82) is 0 Å². The van der Waals surface area contributed by atoms with Crippen LogP contribution in [0.2, 0.25) is 0 Å². The molecule has 2 aliphatic heterocycles. The highest BCUT2D eigenvalue weighted by molar-refractivity contribution is 5.94. The van der Waals surface area contributed by atoms with Crippen LogP contribution in [0.4, 0.5) is 5.82 Å². The molecule has 8 heteroatoms. The summed E-state index contributed by atoms with van der Waals surface area (Å²) in [5, 5.41) is 24.9. The lowest BCUT2D eigenvalue weighted by Crippen LogP contribution is -2.28. The van der Waals surface area contributed by atoms with E-state index in [4.69, 9.17) is 4.74 Å². The van der Waals surface area contributed by atoms with Gasteiger partial charge in [0.05, 0.1) is 11.6 Å². The number of ether oxygens (including phenoxy) is 1. The highest BCUT2D eigenvalue weighted by Gasteiger charge is 2.34. The number of amides is 1. The Morgan fingerprint density at radius 1 is 1.12 bits per heavy atom. The van der Waals surface area contributed by atoms with E-state index >= 15 is 0 Å². The van der Waals surface area contributed by atoms with Crippen molar-refractivity contribution < 1.29 is 19.7 Å². The quantitative estimate of drug-likeness (QED) is 0.614. The molecule has 132 valence electrons. The Hall–Kier alpha value is -2.74. The SMILES string of the molecule is O=C1C[C@H](c2ccc(O)c(O)c2)c2c(n(C3CCOCC3)[nH]c2=O)N1. The molecule has 0 spiro atoms. The van der Waals surface area contributed by atoms with Crippen LogP contribution in [-0.2, 0) is 9.53 Å². The molecule has 0 unspecified atom stereocenters. The number of rotatable bonds is 2. The van der Waals surface area contributed by atoms with Crippen LogP contribution < -0.4 is 10.9 Å². The molecule has 8 nitrogen and oxygen atoms in total. The monoisotopic (exact) mass is 345 g/mol. The maximum absolute atomic E-state index is 12.6. The van der Waals surface area contributed by atoms with Gasteiger partial charge in [0.1, 0.15) is 5.82 Å². The first kappa shape index (κ1) is 15.8. The van der Waals surface area contributed by atoms with E-state index < -0.39 is 5.92 Å². The molecular formula is C17H19N3O5. The molecule has 1 atom stereocenters. The molecule has 2 aliphatic rings. The number of phenolic OH excluding ortho intramolecular Hbond substituents is 2. The summed E-state index contributed by atoms with van der Waals surface area (Å²) in [6.07, 6.45) is 1.63. The Kier molecular flexibility index (Phi) is 3.76. The third kappa shape index (κ3) is 2.68. The van der Waals surface area contributed by atoms with E-state index in [9.17, 15) is 19.8 Å². The number of benzene rings is 1. The summed E-state index contributed by atoms with van der Waals surface area (Å²) in [7, 11) is 0. The van der Waals surface area contributed by atoms with Crippen molar-refractivity contribution in [3.05, 3.63) is 39.7 Å². The largest absolute Gasteiger partial charge is 0.504 e. The van der Waals surface area contributed by atoms with Crippen LogP contribution in [0.5, 0.6) is 11.5 Å². The fraction of sp³-hybridized carbons (Fsp3) is 0.412. The zero-order valence-corrected chi connectivity index (χ0v) is 13.5. The molecule has 1 aromatic heterocycles. The summed E-state index contributed by atoms with van der Waals surface area (Å²) in [5.41, 5.74) is 0.844. The molecular weight excluding hydrogens is 326 g/mol. The maximum atomic E-state index is 12.6. The fourth-order valence-corrected chi connectivity index (χ4v) is 3.64. The van der Waals surface area contributed by atoms with Gasteiger partial charge in [0.2, 0.25) is 5.91 Å². The van der Waals surface area contributed by atoms with Crippen LogP contribution in [0.1, 0.15) is 42.3 Å². The van der Waals surface area contributed by atoms with E-state index in [1.807, 2.05) is 0 Å². The van der Waals surface area contributed by atoms with Crippen LogP contribution in [0.25, 0.3) is 0 Å². The minimum atomic E-state index is -0.472. The van der Waals surface area contributed by atoms with Gasteiger partial charge in [-0.3, -0.25) is 19.4 Å². The van der Waals surface area contributed by atoms with Crippen molar-refractivity contribution in [2.45, 2.75) is 31.2 Å². The van der Waals surface area contributed by atoms with Gasteiger partial charge in [-0.15, -0.1) is 0 Å². The van der Waals surface area contributed by atoms with Crippen LogP contribution in [0.3, 0.4) is 0 Å². The summed E-state index contributed by atoms with van der Waals surface area (Å²) < 4.78 is 7.10. The molecule has 3 heterocycles. The Bertz CT molecular complexity index is 879. The average Bonchev–Trinajstić information content (AvgIpc) is 2.94. The molecule has 1 fully saturated rings. The molecule has 4 N–H and O–H groups in total. The van der Waals surface area contributed by atoms with E-state index in [1.165, 1.54) is 12.1 Å². The van der Waals surface area contributed by atoms with Gasteiger partial charge in [0.25, 0.3) is 5.56 Å². The number of aromatic nitrogens is 2. The molecule has 25 heavy (non-hydrogen) atoms. The van der Waals surface area contributed by atoms with E-state index in [0.717, 1.165) is 12.8 Å². The fourth-order valence-electron chi connectivity index (χ4n) is 3.64. The number of anilines is 1. The second-order valence-corrected chi connectivity index (χ2v) is 6.47. The number of fused-ring (bicyclic) bond motifs is 1. The Morgan fingerprint density at radius 2 is 1.88 bits per heavy atom. The second-order valence-electron chi connectivity index (χ2n) is 6.47. The lowest BCUT2D eigenvalue weighted by molar-refractivity contribution is -0.116. The Balaban J connectivity index is 1.80. The molecule has 4 rings (SSSR count). The van der Waals surface area contributed by atoms with Crippen molar-refractivity contribution in [3.8, 4) is 11.5 Å². The molecule has 0 bridgehead atoms. The van der Waals surface area contributed by atoms with Gasteiger partial charge in [-0.25, -0.2) is 0 Å². The molecule has 0 saturated carbocycles. The number of nitrogens with one attached hydrogen (secondary N) is 2. The summed E-state index contributed by atoms with van der Waals surface area (Å²) in [5.74, 6) is -0.682. The minimum absolute atomic E-state index is 0.0671. The van der Waals surface area contributed by atoms with E-state index in [1.54, 1.807) is 10.7 Å². The minimum Gasteiger partial charge on any atom is -0.504 e. The molecule has 1 amide bonds. The first-order valence-corrected chi connectivity index (χ1v) is 8.28. The first-order valence-electron chi connectivity index (χ1n) is 8.28. The smallest absolute Gasteiger partial charge is 0.270 e. The third-order valence-electron chi connectivity index (χ3n) is 4.92. The first-order chi connectivity index (χ1) is 12.0. The van der Waals surface area contributed by atoms with Gasteiger partial charge in [-0.1, -0.05) is 6.07 Å². The van der Waals surface area contributed by atoms with Crippen LogP contribution in [0, 0.1) is 0 Å². The van der Waals surface area contributed by atoms with Gasteiger partial charge in [0.15, 0.2) is 11.5 Å². The van der Waals surface area contributed by atoms with Crippen molar-refractivity contribution in [2.75, 3.05) is 18.5 Å². The average molecular weight is 345 g/mol. The van der Waals surface area contributed by atoms with Gasteiger partial charge >= 0.3 is 0 Å². The van der Waals surface area contributed by atoms with Gasteiger partial charge in [0, 0.05) is 25.6 Å². The Morgan fingerprint density at radius 3 is 2.60 bits per heavy atom. The molecule has 0 aliphatic carbocycles. The highest BCUT2D eigenvalue weighted by Crippen LogP contribution is 2.39. The normalized spacial score (nSPS) is 21.0. The number of hydrogen-bond acceptors (Lipinski definition) is 5. The summed E-state index contributed by atoms with van der Waals surface area (Å²) in [6.45, 7) is 1.23. The third-order valence-corrected chi connectivity index (χ3v) is 4.92. The zero-order valence-electron chi connectivity index (χ0n) is 13.5. The van der Waals surface area contributed by atoms with Gasteiger partial charge in [-0.2, -0.15) is 0 Å². The van der Waals surface area contributed by atoms with Crippen molar-refractivity contribution in [3.63, 3.8) is 0 Å². The van der Waals surface area contributed by atoms with Crippen molar-refractivity contribution >= 4 is 11.7 Å². The summed E-state index contributed by atoms with van der Waals surface area (Å²) >= 11 is 0. The number of H-pyrrole nitrogens is 1. The molecule has 1 aromatic carbocycles. The summed E-state index contributed by atoms with van der Waals surface area (Å²) in [4.78, 5) is 24.8. The highest BCUT2D eigenvalue weighted by atomic mass is 16.5. The standard InChI is InChI=1S/C17H19N3O5/c21-12-2-1-9(7-13(12)22)11-8-14(23)18-16-15(11)17(24)19-20(16)10-3-5-25-6-4-10/h1-2,7,10-11,21-22H,3-6,8H2,(H,18,23)(H,19,24)/t11-/m1/s1. The lowest BCUT2D eigenvalue weighted by atomic mass is 9.87. The van der Waals surface area contributed by atoms with Crippen molar-refractivity contribution in [2.24, 2.45) is 0 Å². The second kappa shape index (κ2) is 5.96. The van der Waals surface area contributed by atoms with Crippen LogP contribution in [-0.4, -0.2) is 39.1 Å². The number of phenols is 2. The molecule has 0 radical (unpaired) electrons. The van der Waals surface area contributed by atoms with E-state index in [-0.39, 0.29) is 35.4 Å². The molecule has 1 saturated heterocycles. The van der Waals surface area contributed by atoms with E-state index in [0.29, 0.717) is 30.2 Å². The zero-order chi connectivity index (χ0) is 17.6. The van der Waals surface area contributed by atoms with Crippen LogP contribution in [0.15, 0.2) is 23.0 Å². The number of carbonyl (C=O) groups excluding carboxylic acids is 1. The predicted octanol–water partition coefficient (Wildman–Crippen LogP) is 1.41. The number of aromatic hydroxyl groups is 2. The topological polar surface area (TPSA) is 117 Å². The van der Waals surface area contributed by atoms with Crippen molar-refractivity contribution in [1.82, 2.24) is 9.78 Å².